The van der Waals surface area contributed by atoms with Gasteiger partial charge in [-0.1, -0.05) is 6.92 Å². The Kier molecular flexibility index (Phi) is 6.49. The Morgan fingerprint density at radius 2 is 2.16 bits per heavy atom. The average molecular weight is 351 g/mol. The molecule has 1 aromatic heterocycles. The molecule has 1 aromatic rings. The molecule has 2 rings (SSSR count). The molecule has 0 aliphatic carbocycles. The van der Waals surface area contributed by atoms with Gasteiger partial charge in [-0.2, -0.15) is 0 Å². The van der Waals surface area contributed by atoms with E-state index < -0.39 is 5.60 Å². The summed E-state index contributed by atoms with van der Waals surface area (Å²) in [6.07, 6.45) is 6.88. The van der Waals surface area contributed by atoms with E-state index in [0.29, 0.717) is 0 Å². The zero-order chi connectivity index (χ0) is 18.5. The fourth-order valence-corrected chi connectivity index (χ4v) is 3.48. The number of carbonyl (C=O) groups excluding carboxylic acids is 1. The topological polar surface area (TPSA) is 59.4 Å². The Labute approximate surface area is 151 Å². The summed E-state index contributed by atoms with van der Waals surface area (Å²) in [6.45, 7) is 14.2. The van der Waals surface area contributed by atoms with E-state index in [0.717, 1.165) is 57.8 Å². The number of nitrogens with zero attached hydrogens (tertiary/aromatic N) is 3. The number of imidazole rings is 1. The van der Waals surface area contributed by atoms with Gasteiger partial charge in [0.2, 0.25) is 0 Å². The number of carbonyl (C=O) groups is 1. The van der Waals surface area contributed by atoms with E-state index in [1.54, 1.807) is 0 Å². The predicted molar refractivity (Wildman–Crippen MR) is 99.4 cm³/mol. The van der Waals surface area contributed by atoms with E-state index in [4.69, 9.17) is 4.74 Å². The van der Waals surface area contributed by atoms with E-state index in [1.807, 2.05) is 38.1 Å². The van der Waals surface area contributed by atoms with Crippen LogP contribution in [0, 0.1) is 5.41 Å². The van der Waals surface area contributed by atoms with E-state index in [9.17, 15) is 4.79 Å². The third kappa shape index (κ3) is 5.46. The monoisotopic (exact) mass is 350 g/mol. The quantitative estimate of drug-likeness (QED) is 0.854. The standard InChI is InChI=1S/C19H34N4O2/c1-6-19(14-20-13-16-21-10-12-22(16)7-2)9-8-11-23(15-19)17(24)25-18(3,4)5/h10,12,20H,6-9,11,13-15H2,1-5H3. The molecular formula is C19H34N4O2. The van der Waals surface area contributed by atoms with Gasteiger partial charge in [0.05, 0.1) is 6.54 Å². The van der Waals surface area contributed by atoms with Crippen molar-refractivity contribution in [2.45, 2.75) is 72.6 Å². The van der Waals surface area contributed by atoms with Crippen LogP contribution >= 0.6 is 0 Å². The maximum Gasteiger partial charge on any atom is 0.410 e. The van der Waals surface area contributed by atoms with Crippen molar-refractivity contribution in [1.82, 2.24) is 19.8 Å². The highest BCUT2D eigenvalue weighted by molar-refractivity contribution is 5.68. The molecule has 0 spiro atoms. The predicted octanol–water partition coefficient (Wildman–Crippen LogP) is 3.42. The van der Waals surface area contributed by atoms with Gasteiger partial charge in [0.1, 0.15) is 11.4 Å². The molecule has 0 radical (unpaired) electrons. The second kappa shape index (κ2) is 8.21. The molecule has 25 heavy (non-hydrogen) atoms. The smallest absolute Gasteiger partial charge is 0.410 e. The highest BCUT2D eigenvalue weighted by Crippen LogP contribution is 2.33. The van der Waals surface area contributed by atoms with E-state index in [1.165, 1.54) is 0 Å². The van der Waals surface area contributed by atoms with Crippen molar-refractivity contribution in [1.29, 1.82) is 0 Å². The minimum absolute atomic E-state index is 0.110. The van der Waals surface area contributed by atoms with Crippen LogP contribution in [0.2, 0.25) is 0 Å². The number of ether oxygens (including phenoxy) is 1. The molecule has 2 heterocycles. The first-order valence-corrected chi connectivity index (χ1v) is 9.47. The molecule has 6 nitrogen and oxygen atoms in total. The lowest BCUT2D eigenvalue weighted by atomic mass is 9.77. The van der Waals surface area contributed by atoms with Crippen molar-refractivity contribution in [3.8, 4) is 0 Å². The molecule has 6 heteroatoms. The van der Waals surface area contributed by atoms with Crippen molar-refractivity contribution >= 4 is 6.09 Å². The Hall–Kier alpha value is -1.56. The lowest BCUT2D eigenvalue weighted by molar-refractivity contribution is 0.00328. The molecule has 1 aliphatic rings. The first kappa shape index (κ1) is 19.8. The van der Waals surface area contributed by atoms with Crippen LogP contribution in [0.4, 0.5) is 4.79 Å². The third-order valence-electron chi connectivity index (χ3n) is 4.99. The van der Waals surface area contributed by atoms with Crippen molar-refractivity contribution in [2.75, 3.05) is 19.6 Å². The number of aromatic nitrogens is 2. The normalized spacial score (nSPS) is 21.4. The molecule has 1 N–H and O–H groups in total. The Morgan fingerprint density at radius 1 is 1.40 bits per heavy atom. The van der Waals surface area contributed by atoms with Gasteiger partial charge in [0, 0.05) is 44.0 Å². The molecule has 1 fully saturated rings. The number of rotatable bonds is 6. The first-order valence-electron chi connectivity index (χ1n) is 9.47. The van der Waals surface area contributed by atoms with Crippen LogP contribution in [0.1, 0.15) is 59.7 Å². The van der Waals surface area contributed by atoms with E-state index >= 15 is 0 Å². The van der Waals surface area contributed by atoms with Gasteiger partial charge >= 0.3 is 6.09 Å². The van der Waals surface area contributed by atoms with Gasteiger partial charge in [0.15, 0.2) is 0 Å². The number of amides is 1. The molecule has 142 valence electrons. The molecule has 1 amide bonds. The number of hydrogen-bond donors (Lipinski definition) is 1. The summed E-state index contributed by atoms with van der Waals surface area (Å²) >= 11 is 0. The van der Waals surface area contributed by atoms with Gasteiger partial charge in [-0.3, -0.25) is 0 Å². The SMILES string of the molecule is CCn1ccnc1CNCC1(CC)CCCN(C(=O)OC(C)(C)C)C1. The Balaban J connectivity index is 1.93. The van der Waals surface area contributed by atoms with Gasteiger partial charge in [-0.05, 0) is 47.0 Å². The second-order valence-electron chi connectivity index (χ2n) is 8.09. The number of piperidine rings is 1. The number of aryl methyl sites for hydroxylation is 1. The average Bonchev–Trinajstić information content (AvgIpc) is 3.01. The minimum Gasteiger partial charge on any atom is -0.444 e. The number of hydrogen-bond acceptors (Lipinski definition) is 4. The van der Waals surface area contributed by atoms with Crippen LogP contribution in [0.5, 0.6) is 0 Å². The zero-order valence-corrected chi connectivity index (χ0v) is 16.5. The minimum atomic E-state index is -0.446. The molecule has 1 aliphatic heterocycles. The summed E-state index contributed by atoms with van der Waals surface area (Å²) in [4.78, 5) is 18.7. The van der Waals surface area contributed by atoms with Crippen molar-refractivity contribution in [2.24, 2.45) is 5.41 Å². The van der Waals surface area contributed by atoms with E-state index in [2.05, 4.69) is 28.7 Å². The van der Waals surface area contributed by atoms with Crippen LogP contribution in [-0.2, 0) is 17.8 Å². The Bertz CT molecular complexity index is 564. The van der Waals surface area contributed by atoms with Crippen LogP contribution in [-0.4, -0.2) is 45.8 Å². The molecule has 1 unspecified atom stereocenters. The van der Waals surface area contributed by atoms with Crippen molar-refractivity contribution in [3.63, 3.8) is 0 Å². The maximum absolute atomic E-state index is 12.4. The lowest BCUT2D eigenvalue weighted by Gasteiger charge is -2.42. The van der Waals surface area contributed by atoms with Crippen LogP contribution in [0.15, 0.2) is 12.4 Å². The van der Waals surface area contributed by atoms with Crippen molar-refractivity contribution < 1.29 is 9.53 Å². The molecular weight excluding hydrogens is 316 g/mol. The second-order valence-corrected chi connectivity index (χ2v) is 8.09. The number of nitrogens with one attached hydrogen (secondary N) is 1. The van der Waals surface area contributed by atoms with Crippen molar-refractivity contribution in [3.05, 3.63) is 18.2 Å². The van der Waals surface area contributed by atoms with Gasteiger partial charge < -0.3 is 19.5 Å². The number of likely N-dealkylation sites (tertiary alicyclic amines) is 1. The first-order chi connectivity index (χ1) is 11.8. The Morgan fingerprint density at radius 3 is 2.80 bits per heavy atom. The van der Waals surface area contributed by atoms with Gasteiger partial charge in [-0.15, -0.1) is 0 Å². The molecule has 0 aromatic carbocycles. The summed E-state index contributed by atoms with van der Waals surface area (Å²) in [6, 6.07) is 0. The third-order valence-corrected chi connectivity index (χ3v) is 4.99. The maximum atomic E-state index is 12.4. The fraction of sp³-hybridized carbons (Fsp3) is 0.789. The molecule has 0 bridgehead atoms. The molecule has 1 saturated heterocycles. The summed E-state index contributed by atoms with van der Waals surface area (Å²) < 4.78 is 7.71. The molecule has 1 atom stereocenters. The summed E-state index contributed by atoms with van der Waals surface area (Å²) in [5.41, 5.74) is -0.336. The van der Waals surface area contributed by atoms with Crippen LogP contribution in [0.25, 0.3) is 0 Å². The highest BCUT2D eigenvalue weighted by atomic mass is 16.6. The lowest BCUT2D eigenvalue weighted by Crippen LogP contribution is -2.51. The summed E-state index contributed by atoms with van der Waals surface area (Å²) in [5.74, 6) is 1.06. The largest absolute Gasteiger partial charge is 0.444 e. The highest BCUT2D eigenvalue weighted by Gasteiger charge is 2.37. The fourth-order valence-electron chi connectivity index (χ4n) is 3.48. The molecule has 0 saturated carbocycles. The summed E-state index contributed by atoms with van der Waals surface area (Å²) in [7, 11) is 0. The van der Waals surface area contributed by atoms with Gasteiger partial charge in [-0.25, -0.2) is 9.78 Å². The van der Waals surface area contributed by atoms with Crippen LogP contribution in [0.3, 0.4) is 0 Å². The van der Waals surface area contributed by atoms with Crippen LogP contribution < -0.4 is 5.32 Å². The van der Waals surface area contributed by atoms with Gasteiger partial charge in [0.25, 0.3) is 0 Å². The van der Waals surface area contributed by atoms with E-state index in [-0.39, 0.29) is 11.5 Å². The zero-order valence-electron chi connectivity index (χ0n) is 16.5. The summed E-state index contributed by atoms with van der Waals surface area (Å²) in [5, 5.41) is 3.57.